The maximum Gasteiger partial charge on any atom is 0.305 e. The number of ether oxygens (including phenoxy) is 1. The molecule has 0 bridgehead atoms. The lowest BCUT2D eigenvalue weighted by molar-refractivity contribution is -0.143. The zero-order valence-electron chi connectivity index (χ0n) is 38.4. The van der Waals surface area contributed by atoms with E-state index in [0.29, 0.717) is 13.0 Å². The van der Waals surface area contributed by atoms with Gasteiger partial charge in [-0.15, -0.1) is 0 Å². The molecule has 0 aliphatic carbocycles. The number of esters is 1. The van der Waals surface area contributed by atoms with Crippen molar-refractivity contribution >= 4 is 5.97 Å². The first-order chi connectivity index (χ1) is 27.3. The first-order valence-corrected chi connectivity index (χ1v) is 26.1. The molecule has 0 aromatic carbocycles. The zero-order chi connectivity index (χ0) is 39.6. The van der Waals surface area contributed by atoms with E-state index in [1.165, 1.54) is 283 Å². The monoisotopic (exact) mass is 773 g/mol. The van der Waals surface area contributed by atoms with Gasteiger partial charge in [0.25, 0.3) is 0 Å². The van der Waals surface area contributed by atoms with Crippen LogP contribution in [-0.4, -0.2) is 12.6 Å². The second kappa shape index (κ2) is 51.2. The van der Waals surface area contributed by atoms with Crippen molar-refractivity contribution in [1.29, 1.82) is 0 Å². The van der Waals surface area contributed by atoms with Crippen molar-refractivity contribution in [3.8, 4) is 0 Å². The van der Waals surface area contributed by atoms with Gasteiger partial charge in [-0.3, -0.25) is 4.79 Å². The number of hydrogen-bond donors (Lipinski definition) is 0. The average molecular weight is 773 g/mol. The number of carbonyl (C=O) groups excluding carboxylic acids is 1. The van der Waals surface area contributed by atoms with Crippen LogP contribution in [0.2, 0.25) is 0 Å². The molecule has 0 N–H and O–H groups in total. The van der Waals surface area contributed by atoms with Gasteiger partial charge >= 0.3 is 5.97 Å². The molecule has 2 nitrogen and oxygen atoms in total. The van der Waals surface area contributed by atoms with E-state index in [4.69, 9.17) is 4.74 Å². The molecule has 0 fully saturated rings. The third-order valence-corrected chi connectivity index (χ3v) is 12.2. The Kier molecular flexibility index (Phi) is 50.5. The minimum Gasteiger partial charge on any atom is -0.466 e. The highest BCUT2D eigenvalue weighted by atomic mass is 16.5. The molecule has 0 aromatic rings. The summed E-state index contributed by atoms with van der Waals surface area (Å²) in [4.78, 5) is 12.1. The molecule has 0 saturated carbocycles. The molecule has 0 atom stereocenters. The molecule has 2 heteroatoms. The summed E-state index contributed by atoms with van der Waals surface area (Å²) in [6.45, 7) is 5.23. The van der Waals surface area contributed by atoms with Gasteiger partial charge in [-0.2, -0.15) is 0 Å². The fourth-order valence-corrected chi connectivity index (χ4v) is 8.25. The van der Waals surface area contributed by atoms with Crippen LogP contribution in [0.1, 0.15) is 316 Å². The molecule has 0 aromatic heterocycles. The summed E-state index contributed by atoms with van der Waals surface area (Å²) in [6, 6.07) is 0. The third kappa shape index (κ3) is 51.2. The van der Waals surface area contributed by atoms with Crippen molar-refractivity contribution in [1.82, 2.24) is 0 Å². The average Bonchev–Trinajstić information content (AvgIpc) is 3.19. The number of unbranched alkanes of at least 4 members (excludes halogenated alkanes) is 43. The molecule has 328 valence electrons. The molecule has 0 amide bonds. The maximum absolute atomic E-state index is 12.1. The summed E-state index contributed by atoms with van der Waals surface area (Å²) < 4.78 is 5.50. The molecular weight excluding hydrogens is 669 g/mol. The van der Waals surface area contributed by atoms with Gasteiger partial charge in [-0.1, -0.05) is 283 Å². The van der Waals surface area contributed by atoms with Gasteiger partial charge in [0.15, 0.2) is 0 Å². The van der Waals surface area contributed by atoms with E-state index in [1.54, 1.807) is 0 Å². The minimum absolute atomic E-state index is 0.0289. The highest BCUT2D eigenvalue weighted by molar-refractivity contribution is 5.69. The van der Waals surface area contributed by atoms with E-state index in [1.807, 2.05) is 0 Å². The summed E-state index contributed by atoms with van der Waals surface area (Å²) in [6.07, 6.45) is 69.4. The number of carbonyl (C=O) groups is 1. The number of hydrogen-bond acceptors (Lipinski definition) is 2. The highest BCUT2D eigenvalue weighted by Gasteiger charge is 2.03. The lowest BCUT2D eigenvalue weighted by Crippen LogP contribution is -2.05. The summed E-state index contributed by atoms with van der Waals surface area (Å²) >= 11 is 0. The van der Waals surface area contributed by atoms with Crippen molar-refractivity contribution in [2.45, 2.75) is 316 Å². The van der Waals surface area contributed by atoms with E-state index in [9.17, 15) is 4.79 Å². The molecule has 0 radical (unpaired) electrons. The minimum atomic E-state index is 0.0289. The fourth-order valence-electron chi connectivity index (χ4n) is 8.25. The van der Waals surface area contributed by atoms with Crippen LogP contribution < -0.4 is 0 Å². The SMILES string of the molecule is CCCCCCCCC=CCCCCCCCCCCCC(=O)OCCCCCCCCCCCCCCCCCCCCCCCCCCCCCCC. The molecule has 0 spiro atoms. The smallest absolute Gasteiger partial charge is 0.305 e. The van der Waals surface area contributed by atoms with Crippen LogP contribution in [0.25, 0.3) is 0 Å². The molecular formula is C53H104O2. The topological polar surface area (TPSA) is 26.3 Å². The van der Waals surface area contributed by atoms with E-state index in [2.05, 4.69) is 26.0 Å². The Balaban J connectivity index is 3.16. The molecule has 0 rings (SSSR count). The normalized spacial score (nSPS) is 11.7. The van der Waals surface area contributed by atoms with Crippen molar-refractivity contribution in [3.05, 3.63) is 12.2 Å². The molecule has 0 unspecified atom stereocenters. The van der Waals surface area contributed by atoms with Crippen LogP contribution in [0.5, 0.6) is 0 Å². The maximum atomic E-state index is 12.1. The van der Waals surface area contributed by atoms with Gasteiger partial charge in [-0.25, -0.2) is 0 Å². The van der Waals surface area contributed by atoms with Gasteiger partial charge in [0.05, 0.1) is 6.61 Å². The first-order valence-electron chi connectivity index (χ1n) is 26.1. The molecule has 0 saturated heterocycles. The quantitative estimate of drug-likeness (QED) is 0.0350. The van der Waals surface area contributed by atoms with Crippen molar-refractivity contribution in [3.63, 3.8) is 0 Å². The molecule has 55 heavy (non-hydrogen) atoms. The zero-order valence-corrected chi connectivity index (χ0v) is 38.4. The van der Waals surface area contributed by atoms with Crippen LogP contribution in [0.3, 0.4) is 0 Å². The Bertz CT molecular complexity index is 713. The second-order valence-electron chi connectivity index (χ2n) is 17.9. The van der Waals surface area contributed by atoms with Gasteiger partial charge in [0, 0.05) is 6.42 Å². The van der Waals surface area contributed by atoms with Gasteiger partial charge in [0.1, 0.15) is 0 Å². The Hall–Kier alpha value is -0.790. The lowest BCUT2D eigenvalue weighted by Gasteiger charge is -2.06. The van der Waals surface area contributed by atoms with E-state index < -0.39 is 0 Å². The Morgan fingerprint density at radius 3 is 0.782 bits per heavy atom. The fraction of sp³-hybridized carbons (Fsp3) is 0.943. The van der Waals surface area contributed by atoms with Gasteiger partial charge in [-0.05, 0) is 38.5 Å². The first kappa shape index (κ1) is 54.2. The van der Waals surface area contributed by atoms with Crippen LogP contribution in [0.15, 0.2) is 12.2 Å². The standard InChI is InChI=1S/C53H104O2/c1-3-5-7-9-11-13-15-17-19-21-23-24-25-26-27-28-29-30-31-32-34-36-38-40-42-44-46-48-50-52-55-53(54)51-49-47-45-43-41-39-37-35-33-22-20-18-16-14-12-10-8-6-4-2/h18,20H,3-17,19,21-52H2,1-2H3. The van der Waals surface area contributed by atoms with Crippen LogP contribution in [-0.2, 0) is 9.53 Å². The number of rotatable bonds is 49. The van der Waals surface area contributed by atoms with Crippen molar-refractivity contribution in [2.75, 3.05) is 6.61 Å². The van der Waals surface area contributed by atoms with Gasteiger partial charge in [0.2, 0.25) is 0 Å². The second-order valence-corrected chi connectivity index (χ2v) is 17.9. The van der Waals surface area contributed by atoms with Crippen molar-refractivity contribution < 1.29 is 9.53 Å². The molecule has 0 heterocycles. The summed E-state index contributed by atoms with van der Waals surface area (Å²) in [5.41, 5.74) is 0. The summed E-state index contributed by atoms with van der Waals surface area (Å²) in [5, 5.41) is 0. The predicted molar refractivity (Wildman–Crippen MR) is 248 cm³/mol. The van der Waals surface area contributed by atoms with Crippen LogP contribution in [0, 0.1) is 0 Å². The summed E-state index contributed by atoms with van der Waals surface area (Å²) in [5.74, 6) is 0.0289. The van der Waals surface area contributed by atoms with Gasteiger partial charge < -0.3 is 4.74 Å². The highest BCUT2D eigenvalue weighted by Crippen LogP contribution is 2.17. The number of allylic oxidation sites excluding steroid dienone is 2. The predicted octanol–water partition coefficient (Wildman–Crippen LogP) is 19.5. The van der Waals surface area contributed by atoms with Crippen LogP contribution in [0.4, 0.5) is 0 Å². The molecule has 0 aliphatic heterocycles. The Morgan fingerprint density at radius 1 is 0.291 bits per heavy atom. The van der Waals surface area contributed by atoms with E-state index in [0.717, 1.165) is 12.8 Å². The lowest BCUT2D eigenvalue weighted by atomic mass is 10.0. The Morgan fingerprint density at radius 2 is 0.509 bits per heavy atom. The van der Waals surface area contributed by atoms with E-state index in [-0.39, 0.29) is 5.97 Å². The van der Waals surface area contributed by atoms with Crippen molar-refractivity contribution in [2.24, 2.45) is 0 Å². The summed E-state index contributed by atoms with van der Waals surface area (Å²) in [7, 11) is 0. The molecule has 0 aliphatic rings. The largest absolute Gasteiger partial charge is 0.466 e. The van der Waals surface area contributed by atoms with E-state index >= 15 is 0 Å². The Labute approximate surface area is 348 Å². The third-order valence-electron chi connectivity index (χ3n) is 12.2. The van der Waals surface area contributed by atoms with Crippen LogP contribution >= 0.6 is 0 Å².